The molecule has 2 rings (SSSR count). The summed E-state index contributed by atoms with van der Waals surface area (Å²) in [7, 11) is 6.20. The molecular formula is C17H29N3O. The number of anilines is 1. The minimum absolute atomic E-state index is 0.224. The van der Waals surface area contributed by atoms with E-state index in [-0.39, 0.29) is 6.10 Å². The van der Waals surface area contributed by atoms with E-state index >= 15 is 0 Å². The number of likely N-dealkylation sites (N-methyl/N-ethyl adjacent to an activating group) is 1. The van der Waals surface area contributed by atoms with E-state index in [2.05, 4.69) is 60.4 Å². The molecule has 0 radical (unpaired) electrons. The van der Waals surface area contributed by atoms with Gasteiger partial charge in [-0.05, 0) is 45.6 Å². The maximum atomic E-state index is 10.1. The summed E-state index contributed by atoms with van der Waals surface area (Å²) in [6.07, 6.45) is 1.68. The van der Waals surface area contributed by atoms with Crippen molar-refractivity contribution in [3.8, 4) is 0 Å². The fourth-order valence-electron chi connectivity index (χ4n) is 3.40. The van der Waals surface area contributed by atoms with Gasteiger partial charge in [-0.2, -0.15) is 0 Å². The van der Waals surface area contributed by atoms with Gasteiger partial charge >= 0.3 is 0 Å². The summed E-state index contributed by atoms with van der Waals surface area (Å²) in [5, 5.41) is 13.5. The van der Waals surface area contributed by atoms with Crippen LogP contribution in [-0.2, 0) is 0 Å². The van der Waals surface area contributed by atoms with E-state index in [4.69, 9.17) is 0 Å². The highest BCUT2D eigenvalue weighted by Crippen LogP contribution is 2.33. The van der Waals surface area contributed by atoms with Gasteiger partial charge in [0.15, 0.2) is 0 Å². The first-order chi connectivity index (χ1) is 10.1. The lowest BCUT2D eigenvalue weighted by atomic mass is 10.0. The molecule has 0 aliphatic carbocycles. The van der Waals surface area contributed by atoms with Crippen molar-refractivity contribution in [3.63, 3.8) is 0 Å². The molecule has 1 aromatic carbocycles. The number of hydrogen-bond donors (Lipinski definition) is 2. The fraction of sp³-hybridized carbons (Fsp3) is 0.647. The van der Waals surface area contributed by atoms with Gasteiger partial charge in [-0.3, -0.25) is 0 Å². The molecule has 118 valence electrons. The third-order valence-corrected chi connectivity index (χ3v) is 4.35. The molecule has 0 amide bonds. The van der Waals surface area contributed by atoms with Crippen LogP contribution in [0.5, 0.6) is 0 Å². The predicted molar refractivity (Wildman–Crippen MR) is 88.8 cm³/mol. The number of aliphatic hydroxyl groups excluding tert-OH is 1. The highest BCUT2D eigenvalue weighted by molar-refractivity contribution is 5.57. The highest BCUT2D eigenvalue weighted by Gasteiger charge is 2.32. The van der Waals surface area contributed by atoms with Crippen molar-refractivity contribution in [3.05, 3.63) is 29.8 Å². The number of aliphatic hydroxyl groups is 1. The van der Waals surface area contributed by atoms with Crippen LogP contribution in [0.3, 0.4) is 0 Å². The zero-order valence-corrected chi connectivity index (χ0v) is 13.7. The van der Waals surface area contributed by atoms with Gasteiger partial charge in [0.25, 0.3) is 0 Å². The van der Waals surface area contributed by atoms with Crippen LogP contribution in [0.15, 0.2) is 24.3 Å². The lowest BCUT2D eigenvalue weighted by Gasteiger charge is -2.32. The lowest BCUT2D eigenvalue weighted by molar-refractivity contribution is 0.191. The third kappa shape index (κ3) is 3.76. The second-order valence-corrected chi connectivity index (χ2v) is 6.27. The number of β-amino-alcohol motifs (C(OH)–C–C–N with tert-alkyl or cyclic N) is 1. The van der Waals surface area contributed by atoms with E-state index < -0.39 is 0 Å². The largest absolute Gasteiger partial charge is 0.391 e. The van der Waals surface area contributed by atoms with Crippen LogP contribution in [0.1, 0.15) is 31.4 Å². The summed E-state index contributed by atoms with van der Waals surface area (Å²) < 4.78 is 0. The molecule has 0 bridgehead atoms. The molecule has 4 nitrogen and oxygen atoms in total. The molecule has 1 aromatic rings. The number of hydrogen-bond acceptors (Lipinski definition) is 4. The molecule has 21 heavy (non-hydrogen) atoms. The molecule has 1 aliphatic rings. The SMILES string of the molecule is CCC(NC)c1ccccc1N1CC(O)CC1CN(C)C. The first-order valence-corrected chi connectivity index (χ1v) is 7.92. The Morgan fingerprint density at radius 1 is 1.38 bits per heavy atom. The third-order valence-electron chi connectivity index (χ3n) is 4.35. The standard InChI is InChI=1S/C17H29N3O/c1-5-16(18-2)15-8-6-7-9-17(15)20-12-14(21)10-13(20)11-19(3)4/h6-9,13-14,16,18,21H,5,10-12H2,1-4H3. The topological polar surface area (TPSA) is 38.7 Å². The van der Waals surface area contributed by atoms with Crippen molar-refractivity contribution < 1.29 is 5.11 Å². The Morgan fingerprint density at radius 3 is 2.71 bits per heavy atom. The molecule has 0 saturated carbocycles. The molecule has 2 N–H and O–H groups in total. The fourth-order valence-corrected chi connectivity index (χ4v) is 3.40. The van der Waals surface area contributed by atoms with Gasteiger partial charge in [0.1, 0.15) is 0 Å². The number of para-hydroxylation sites is 1. The molecule has 1 fully saturated rings. The molecule has 0 aromatic heterocycles. The Labute approximate surface area is 128 Å². The lowest BCUT2D eigenvalue weighted by Crippen LogP contribution is -2.38. The van der Waals surface area contributed by atoms with Gasteiger partial charge in [-0.25, -0.2) is 0 Å². The number of nitrogens with one attached hydrogen (secondary N) is 1. The van der Waals surface area contributed by atoms with Crippen molar-refractivity contribution in [1.82, 2.24) is 10.2 Å². The molecule has 3 atom stereocenters. The monoisotopic (exact) mass is 291 g/mol. The Balaban J connectivity index is 2.31. The van der Waals surface area contributed by atoms with E-state index in [0.29, 0.717) is 12.1 Å². The molecule has 4 heteroatoms. The van der Waals surface area contributed by atoms with E-state index in [9.17, 15) is 5.11 Å². The zero-order chi connectivity index (χ0) is 15.4. The summed E-state index contributed by atoms with van der Waals surface area (Å²) in [6, 6.07) is 9.34. The Kier molecular flexibility index (Phi) is 5.62. The van der Waals surface area contributed by atoms with Crippen LogP contribution in [0.25, 0.3) is 0 Å². The summed E-state index contributed by atoms with van der Waals surface area (Å²) >= 11 is 0. The van der Waals surface area contributed by atoms with E-state index in [0.717, 1.165) is 25.9 Å². The van der Waals surface area contributed by atoms with Gasteiger partial charge in [0, 0.05) is 30.9 Å². The van der Waals surface area contributed by atoms with Crippen molar-refractivity contribution in [1.29, 1.82) is 0 Å². The minimum atomic E-state index is -0.224. The van der Waals surface area contributed by atoms with Crippen LogP contribution in [0.2, 0.25) is 0 Å². The van der Waals surface area contributed by atoms with Crippen LogP contribution < -0.4 is 10.2 Å². The highest BCUT2D eigenvalue weighted by atomic mass is 16.3. The minimum Gasteiger partial charge on any atom is -0.391 e. The second kappa shape index (κ2) is 7.25. The second-order valence-electron chi connectivity index (χ2n) is 6.27. The average Bonchev–Trinajstić information content (AvgIpc) is 2.80. The zero-order valence-electron chi connectivity index (χ0n) is 13.7. The van der Waals surface area contributed by atoms with Crippen molar-refractivity contribution >= 4 is 5.69 Å². The average molecular weight is 291 g/mol. The van der Waals surface area contributed by atoms with Gasteiger partial charge < -0.3 is 20.2 Å². The van der Waals surface area contributed by atoms with Crippen molar-refractivity contribution in [2.45, 2.75) is 38.0 Å². The van der Waals surface area contributed by atoms with E-state index in [1.54, 1.807) is 0 Å². The van der Waals surface area contributed by atoms with Gasteiger partial charge in [-0.15, -0.1) is 0 Å². The number of nitrogens with zero attached hydrogens (tertiary/aromatic N) is 2. The molecule has 1 aliphatic heterocycles. The van der Waals surface area contributed by atoms with Crippen LogP contribution in [0, 0.1) is 0 Å². The summed E-state index contributed by atoms with van der Waals surface area (Å²) in [5.41, 5.74) is 2.60. The first-order valence-electron chi connectivity index (χ1n) is 7.92. The first kappa shape index (κ1) is 16.3. The Hall–Kier alpha value is -1.10. The van der Waals surface area contributed by atoms with E-state index in [1.165, 1.54) is 11.3 Å². The van der Waals surface area contributed by atoms with Crippen LogP contribution >= 0.6 is 0 Å². The molecule has 1 saturated heterocycles. The quantitative estimate of drug-likeness (QED) is 0.839. The number of rotatable bonds is 6. The smallest absolute Gasteiger partial charge is 0.0735 e. The molecule has 1 heterocycles. The predicted octanol–water partition coefficient (Wildman–Crippen LogP) is 1.86. The van der Waals surface area contributed by atoms with E-state index in [1.807, 2.05) is 7.05 Å². The maximum Gasteiger partial charge on any atom is 0.0735 e. The van der Waals surface area contributed by atoms with Gasteiger partial charge in [0.2, 0.25) is 0 Å². The molecular weight excluding hydrogens is 262 g/mol. The molecule has 0 spiro atoms. The van der Waals surface area contributed by atoms with Gasteiger partial charge in [0.05, 0.1) is 6.10 Å². The normalized spacial score (nSPS) is 23.8. The number of benzene rings is 1. The Morgan fingerprint density at radius 2 is 2.10 bits per heavy atom. The Bertz CT molecular complexity index is 445. The summed E-state index contributed by atoms with van der Waals surface area (Å²) in [6.45, 7) is 3.91. The molecule has 3 unspecified atom stereocenters. The van der Waals surface area contributed by atoms with Crippen LogP contribution in [0.4, 0.5) is 5.69 Å². The van der Waals surface area contributed by atoms with Crippen molar-refractivity contribution in [2.75, 3.05) is 39.1 Å². The maximum absolute atomic E-state index is 10.1. The summed E-state index contributed by atoms with van der Waals surface area (Å²) in [5.74, 6) is 0. The van der Waals surface area contributed by atoms with Gasteiger partial charge in [-0.1, -0.05) is 25.1 Å². The summed E-state index contributed by atoms with van der Waals surface area (Å²) in [4.78, 5) is 4.59. The van der Waals surface area contributed by atoms with Crippen molar-refractivity contribution in [2.24, 2.45) is 0 Å². The van der Waals surface area contributed by atoms with Crippen LogP contribution in [-0.4, -0.2) is 56.4 Å².